The third-order valence-corrected chi connectivity index (χ3v) is 3.41. The van der Waals surface area contributed by atoms with Gasteiger partial charge in [-0.25, -0.2) is 4.79 Å². The zero-order valence-corrected chi connectivity index (χ0v) is 11.3. The summed E-state index contributed by atoms with van der Waals surface area (Å²) in [4.78, 5) is 26.7. The summed E-state index contributed by atoms with van der Waals surface area (Å²) in [5, 5.41) is 11.8. The van der Waals surface area contributed by atoms with E-state index in [4.69, 9.17) is 5.11 Å². The Kier molecular flexibility index (Phi) is 4.87. The molecule has 20 heavy (non-hydrogen) atoms. The van der Waals surface area contributed by atoms with Gasteiger partial charge in [-0.15, -0.1) is 0 Å². The first-order chi connectivity index (χ1) is 9.68. The van der Waals surface area contributed by atoms with E-state index in [1.807, 2.05) is 0 Å². The van der Waals surface area contributed by atoms with Gasteiger partial charge >= 0.3 is 5.97 Å². The number of hydrogen-bond donors (Lipinski definition) is 2. The maximum absolute atomic E-state index is 12.0. The first kappa shape index (κ1) is 14.2. The second-order valence-electron chi connectivity index (χ2n) is 4.84. The lowest BCUT2D eigenvalue weighted by Crippen LogP contribution is -2.26. The molecule has 0 atom stereocenters. The molecule has 2 N–H and O–H groups in total. The number of nitrogens with zero attached hydrogens (tertiary/aromatic N) is 1. The molecule has 1 heterocycles. The van der Waals surface area contributed by atoms with Gasteiger partial charge in [-0.05, 0) is 38.2 Å². The van der Waals surface area contributed by atoms with Crippen LogP contribution in [0.5, 0.6) is 0 Å². The smallest absolute Gasteiger partial charge is 0.338 e. The number of aromatic nitrogens is 1. The van der Waals surface area contributed by atoms with Crippen molar-refractivity contribution in [2.75, 3.05) is 6.54 Å². The fraction of sp³-hybridized carbons (Fsp3) is 0.400. The van der Waals surface area contributed by atoms with Gasteiger partial charge in [0, 0.05) is 18.9 Å². The van der Waals surface area contributed by atoms with Crippen molar-refractivity contribution in [3.05, 3.63) is 41.2 Å². The molecule has 0 unspecified atom stereocenters. The second kappa shape index (κ2) is 6.84. The van der Waals surface area contributed by atoms with E-state index in [1.165, 1.54) is 36.9 Å². The van der Waals surface area contributed by atoms with Crippen LogP contribution in [0.1, 0.15) is 52.8 Å². The van der Waals surface area contributed by atoms with E-state index >= 15 is 0 Å². The molecule has 0 fully saturated rings. The highest BCUT2D eigenvalue weighted by molar-refractivity contribution is 6.04. The highest BCUT2D eigenvalue weighted by Gasteiger charge is 2.16. The first-order valence-corrected chi connectivity index (χ1v) is 6.82. The van der Waals surface area contributed by atoms with Gasteiger partial charge in [-0.2, -0.15) is 0 Å². The topological polar surface area (TPSA) is 79.3 Å². The molecule has 1 aromatic heterocycles. The van der Waals surface area contributed by atoms with Gasteiger partial charge in [0.05, 0.1) is 11.1 Å². The zero-order chi connectivity index (χ0) is 14.4. The van der Waals surface area contributed by atoms with Crippen molar-refractivity contribution in [3.63, 3.8) is 0 Å². The maximum atomic E-state index is 12.0. The minimum absolute atomic E-state index is 0.0677. The fourth-order valence-corrected chi connectivity index (χ4v) is 2.33. The van der Waals surface area contributed by atoms with E-state index in [0.29, 0.717) is 6.54 Å². The molecule has 0 saturated heterocycles. The lowest BCUT2D eigenvalue weighted by atomic mass is 9.97. The summed E-state index contributed by atoms with van der Waals surface area (Å²) in [7, 11) is 0. The van der Waals surface area contributed by atoms with Crippen LogP contribution >= 0.6 is 0 Å². The second-order valence-corrected chi connectivity index (χ2v) is 4.84. The monoisotopic (exact) mass is 274 g/mol. The average Bonchev–Trinajstić information content (AvgIpc) is 2.48. The van der Waals surface area contributed by atoms with Gasteiger partial charge in [-0.3, -0.25) is 9.78 Å². The standard InChI is InChI=1S/C15H18N2O3/c18-14(12-7-8-16-10-13(12)15(19)20)17-9-6-11-4-2-1-3-5-11/h4,7-8,10H,1-3,5-6,9H2,(H,17,18)(H,19,20). The predicted octanol–water partition coefficient (Wildman–Crippen LogP) is 2.40. The van der Waals surface area contributed by atoms with Gasteiger partial charge in [0.15, 0.2) is 0 Å². The highest BCUT2D eigenvalue weighted by Crippen LogP contribution is 2.19. The number of hydrogen-bond acceptors (Lipinski definition) is 3. The molecular formula is C15H18N2O3. The average molecular weight is 274 g/mol. The first-order valence-electron chi connectivity index (χ1n) is 6.82. The van der Waals surface area contributed by atoms with Crippen LogP contribution in [0.15, 0.2) is 30.1 Å². The van der Waals surface area contributed by atoms with Gasteiger partial charge < -0.3 is 10.4 Å². The van der Waals surface area contributed by atoms with Crippen LogP contribution in [0.4, 0.5) is 0 Å². The Bertz CT molecular complexity index is 538. The normalized spacial score (nSPS) is 14.5. The van der Waals surface area contributed by atoms with Crippen LogP contribution in [0, 0.1) is 0 Å². The quantitative estimate of drug-likeness (QED) is 0.808. The number of carboxylic acid groups (broad SMARTS) is 1. The molecule has 5 heteroatoms. The molecule has 1 aliphatic carbocycles. The number of nitrogens with one attached hydrogen (secondary N) is 1. The molecule has 0 radical (unpaired) electrons. The van der Waals surface area contributed by atoms with Crippen LogP contribution in [0.2, 0.25) is 0 Å². The minimum atomic E-state index is -1.14. The SMILES string of the molecule is O=C(O)c1cnccc1C(=O)NCCC1=CCCCC1. The molecule has 0 aromatic carbocycles. The van der Waals surface area contributed by atoms with Crippen molar-refractivity contribution in [2.45, 2.75) is 32.1 Å². The van der Waals surface area contributed by atoms with Crippen LogP contribution in [0.3, 0.4) is 0 Å². The summed E-state index contributed by atoms with van der Waals surface area (Å²) in [5.74, 6) is -1.50. The number of carbonyl (C=O) groups is 2. The Hall–Kier alpha value is -2.17. The summed E-state index contributed by atoms with van der Waals surface area (Å²) in [5.41, 5.74) is 1.47. The Balaban J connectivity index is 1.92. The minimum Gasteiger partial charge on any atom is -0.478 e. The molecular weight excluding hydrogens is 256 g/mol. The molecule has 106 valence electrons. The van der Waals surface area contributed by atoms with Crippen molar-refractivity contribution in [3.8, 4) is 0 Å². The Labute approximate surface area is 117 Å². The van der Waals surface area contributed by atoms with Crippen LogP contribution < -0.4 is 5.32 Å². The van der Waals surface area contributed by atoms with Crippen molar-refractivity contribution in [1.82, 2.24) is 10.3 Å². The van der Waals surface area contributed by atoms with E-state index in [9.17, 15) is 9.59 Å². The van der Waals surface area contributed by atoms with Crippen LogP contribution in [-0.4, -0.2) is 28.5 Å². The molecule has 0 aliphatic heterocycles. The fourth-order valence-electron chi connectivity index (χ4n) is 2.33. The lowest BCUT2D eigenvalue weighted by molar-refractivity contribution is 0.0690. The van der Waals surface area contributed by atoms with Crippen molar-refractivity contribution in [2.24, 2.45) is 0 Å². The predicted molar refractivity (Wildman–Crippen MR) is 74.7 cm³/mol. The van der Waals surface area contributed by atoms with E-state index < -0.39 is 5.97 Å². The van der Waals surface area contributed by atoms with Gasteiger partial charge in [0.1, 0.15) is 0 Å². The third kappa shape index (κ3) is 3.66. The van der Waals surface area contributed by atoms with Crippen LogP contribution in [-0.2, 0) is 0 Å². The summed E-state index contributed by atoms with van der Waals surface area (Å²) in [6, 6.07) is 1.43. The van der Waals surface area contributed by atoms with Gasteiger partial charge in [0.25, 0.3) is 5.91 Å². The van der Waals surface area contributed by atoms with Crippen LogP contribution in [0.25, 0.3) is 0 Å². The lowest BCUT2D eigenvalue weighted by Gasteiger charge is -2.13. The number of aromatic carboxylic acids is 1. The summed E-state index contributed by atoms with van der Waals surface area (Å²) in [6.45, 7) is 0.534. The zero-order valence-electron chi connectivity index (χ0n) is 11.3. The number of carbonyl (C=O) groups excluding carboxylic acids is 1. The molecule has 5 nitrogen and oxygen atoms in total. The maximum Gasteiger partial charge on any atom is 0.338 e. The van der Waals surface area contributed by atoms with Crippen molar-refractivity contribution >= 4 is 11.9 Å². The Morgan fingerprint density at radius 2 is 2.15 bits per heavy atom. The van der Waals surface area contributed by atoms with Gasteiger partial charge in [-0.1, -0.05) is 11.6 Å². The van der Waals surface area contributed by atoms with Crippen molar-refractivity contribution in [1.29, 1.82) is 0 Å². The van der Waals surface area contributed by atoms with E-state index in [-0.39, 0.29) is 17.0 Å². The number of amides is 1. The molecule has 1 aliphatic rings. The van der Waals surface area contributed by atoms with E-state index in [2.05, 4.69) is 16.4 Å². The Morgan fingerprint density at radius 1 is 1.30 bits per heavy atom. The summed E-state index contributed by atoms with van der Waals surface area (Å²) in [6.07, 6.45) is 10.4. The number of rotatable bonds is 5. The largest absolute Gasteiger partial charge is 0.478 e. The molecule has 0 saturated carbocycles. The number of pyridine rings is 1. The molecule has 2 rings (SSSR count). The van der Waals surface area contributed by atoms with E-state index in [1.54, 1.807) is 0 Å². The molecule has 1 amide bonds. The molecule has 0 spiro atoms. The van der Waals surface area contributed by atoms with Gasteiger partial charge in [0.2, 0.25) is 0 Å². The molecule has 1 aromatic rings. The number of allylic oxidation sites excluding steroid dienone is 1. The Morgan fingerprint density at radius 3 is 2.85 bits per heavy atom. The summed E-state index contributed by atoms with van der Waals surface area (Å²) < 4.78 is 0. The summed E-state index contributed by atoms with van der Waals surface area (Å²) >= 11 is 0. The van der Waals surface area contributed by atoms with E-state index in [0.717, 1.165) is 19.3 Å². The highest BCUT2D eigenvalue weighted by atomic mass is 16.4. The number of carboxylic acids is 1. The third-order valence-electron chi connectivity index (χ3n) is 3.41. The van der Waals surface area contributed by atoms with Crippen molar-refractivity contribution < 1.29 is 14.7 Å². The molecule has 0 bridgehead atoms.